The van der Waals surface area contributed by atoms with Crippen molar-refractivity contribution in [3.8, 4) is 0 Å². The first kappa shape index (κ1) is 15.8. The molecular weight excluding hydrogens is 290 g/mol. The molecule has 3 N–H and O–H groups in total. The van der Waals surface area contributed by atoms with Gasteiger partial charge in [-0.15, -0.1) is 0 Å². The highest BCUT2D eigenvalue weighted by atomic mass is 32.2. The van der Waals surface area contributed by atoms with Crippen LogP contribution >= 0.6 is 0 Å². The van der Waals surface area contributed by atoms with Crippen molar-refractivity contribution < 1.29 is 23.1 Å². The Bertz CT molecular complexity index is 645. The van der Waals surface area contributed by atoms with Crippen molar-refractivity contribution in [3.05, 3.63) is 28.4 Å². The summed E-state index contributed by atoms with van der Waals surface area (Å²) in [7, 11) is -3.34. The molecule has 0 aliphatic carbocycles. The van der Waals surface area contributed by atoms with E-state index >= 15 is 0 Å². The first-order valence-electron chi connectivity index (χ1n) is 5.45. The zero-order valence-corrected chi connectivity index (χ0v) is 11.3. The largest absolute Gasteiger partial charge is 0.480 e. The van der Waals surface area contributed by atoms with Crippen molar-refractivity contribution in [2.45, 2.75) is 12.5 Å². The lowest BCUT2D eigenvalue weighted by Gasteiger charge is -2.13. The van der Waals surface area contributed by atoms with E-state index in [2.05, 4.69) is 15.3 Å². The minimum atomic E-state index is -3.34. The van der Waals surface area contributed by atoms with Crippen LogP contribution in [0.5, 0.6) is 0 Å². The lowest BCUT2D eigenvalue weighted by molar-refractivity contribution is -0.139. The van der Waals surface area contributed by atoms with Crippen LogP contribution in [0.3, 0.4) is 0 Å². The highest BCUT2D eigenvalue weighted by Gasteiger charge is 2.22. The minimum Gasteiger partial charge on any atom is -0.480 e. The second kappa shape index (κ2) is 6.28. The molecule has 20 heavy (non-hydrogen) atoms. The topological polar surface area (TPSA) is 146 Å². The van der Waals surface area contributed by atoms with Crippen molar-refractivity contribution in [2.75, 3.05) is 12.0 Å². The SMILES string of the molecule is CS(=O)(=O)CCC(NC(=O)c1c[nH]c(=O)cn1)C(=O)O. The van der Waals surface area contributed by atoms with E-state index in [1.807, 2.05) is 0 Å². The Morgan fingerprint density at radius 3 is 2.60 bits per heavy atom. The van der Waals surface area contributed by atoms with Crippen LogP contribution in [0, 0.1) is 0 Å². The van der Waals surface area contributed by atoms with Crippen molar-refractivity contribution in [3.63, 3.8) is 0 Å². The summed E-state index contributed by atoms with van der Waals surface area (Å²) >= 11 is 0. The molecule has 10 heteroatoms. The standard InChI is InChI=1S/C10H13N3O6S/c1-20(18,19)3-2-6(10(16)17)13-9(15)7-4-12-8(14)5-11-7/h4-6H,2-3H2,1H3,(H,12,14)(H,13,15)(H,16,17). The molecule has 0 aromatic carbocycles. The van der Waals surface area contributed by atoms with Crippen molar-refractivity contribution in [1.29, 1.82) is 0 Å². The molecule has 0 spiro atoms. The molecule has 1 heterocycles. The maximum Gasteiger partial charge on any atom is 0.326 e. The second-order valence-corrected chi connectivity index (χ2v) is 6.34. The third-order valence-electron chi connectivity index (χ3n) is 2.29. The number of rotatable bonds is 6. The molecule has 0 aliphatic heterocycles. The van der Waals surface area contributed by atoms with E-state index in [9.17, 15) is 22.8 Å². The number of sulfone groups is 1. The van der Waals surface area contributed by atoms with Gasteiger partial charge in [-0.05, 0) is 6.42 Å². The van der Waals surface area contributed by atoms with Gasteiger partial charge >= 0.3 is 5.97 Å². The Hall–Kier alpha value is -2.23. The number of carbonyl (C=O) groups is 2. The van der Waals surface area contributed by atoms with Gasteiger partial charge in [0.1, 0.15) is 21.6 Å². The van der Waals surface area contributed by atoms with Gasteiger partial charge in [0, 0.05) is 12.5 Å². The molecular formula is C10H13N3O6S. The number of hydrogen-bond donors (Lipinski definition) is 3. The van der Waals surface area contributed by atoms with E-state index < -0.39 is 33.3 Å². The lowest BCUT2D eigenvalue weighted by atomic mass is 10.2. The summed E-state index contributed by atoms with van der Waals surface area (Å²) in [5, 5.41) is 11.1. The van der Waals surface area contributed by atoms with E-state index in [0.717, 1.165) is 18.6 Å². The second-order valence-electron chi connectivity index (χ2n) is 4.08. The first-order chi connectivity index (χ1) is 9.19. The Balaban J connectivity index is 2.75. The monoisotopic (exact) mass is 303 g/mol. The molecule has 0 radical (unpaired) electrons. The number of carboxylic acid groups (broad SMARTS) is 1. The fourth-order valence-corrected chi connectivity index (χ4v) is 1.95. The van der Waals surface area contributed by atoms with Gasteiger partial charge in [-0.2, -0.15) is 0 Å². The number of aromatic nitrogens is 2. The van der Waals surface area contributed by atoms with Crippen LogP contribution in [0.4, 0.5) is 0 Å². The van der Waals surface area contributed by atoms with Gasteiger partial charge in [0.2, 0.25) is 0 Å². The minimum absolute atomic E-state index is 0.171. The van der Waals surface area contributed by atoms with E-state index in [4.69, 9.17) is 5.11 Å². The fourth-order valence-electron chi connectivity index (χ4n) is 1.29. The Kier molecular flexibility index (Phi) is 4.97. The molecule has 0 saturated carbocycles. The van der Waals surface area contributed by atoms with Crippen LogP contribution in [0.15, 0.2) is 17.2 Å². The first-order valence-corrected chi connectivity index (χ1v) is 7.51. The molecule has 1 aromatic heterocycles. The molecule has 0 saturated heterocycles. The molecule has 0 aliphatic rings. The quantitative estimate of drug-likeness (QED) is 0.572. The maximum atomic E-state index is 11.7. The average Bonchev–Trinajstić information content (AvgIpc) is 2.33. The fraction of sp³-hybridized carbons (Fsp3) is 0.400. The van der Waals surface area contributed by atoms with E-state index in [0.29, 0.717) is 0 Å². The van der Waals surface area contributed by atoms with Crippen LogP contribution < -0.4 is 10.9 Å². The maximum absolute atomic E-state index is 11.7. The predicted octanol–water partition coefficient (Wildman–Crippen LogP) is -1.61. The predicted molar refractivity (Wildman–Crippen MR) is 68.1 cm³/mol. The molecule has 110 valence electrons. The van der Waals surface area contributed by atoms with Crippen molar-refractivity contribution in [2.24, 2.45) is 0 Å². The molecule has 0 bridgehead atoms. The number of aliphatic carboxylic acids is 1. The van der Waals surface area contributed by atoms with Gasteiger partial charge in [-0.3, -0.25) is 9.59 Å². The third kappa shape index (κ3) is 5.18. The molecule has 9 nitrogen and oxygen atoms in total. The van der Waals surface area contributed by atoms with E-state index in [1.165, 1.54) is 0 Å². The number of carboxylic acids is 1. The summed E-state index contributed by atoms with van der Waals surface area (Å²) < 4.78 is 22.0. The van der Waals surface area contributed by atoms with Gasteiger partial charge in [0.25, 0.3) is 11.5 Å². The number of aromatic amines is 1. The van der Waals surface area contributed by atoms with E-state index in [-0.39, 0.29) is 17.9 Å². The van der Waals surface area contributed by atoms with Crippen LogP contribution in [0.2, 0.25) is 0 Å². The Labute approximate surface area is 114 Å². The Morgan fingerprint density at radius 2 is 2.15 bits per heavy atom. The van der Waals surface area contributed by atoms with Crippen LogP contribution in [0.1, 0.15) is 16.9 Å². The number of H-pyrrole nitrogens is 1. The highest BCUT2D eigenvalue weighted by molar-refractivity contribution is 7.90. The van der Waals surface area contributed by atoms with Gasteiger partial charge in [0.15, 0.2) is 0 Å². The van der Waals surface area contributed by atoms with Gasteiger partial charge in [-0.25, -0.2) is 18.2 Å². The van der Waals surface area contributed by atoms with Crippen molar-refractivity contribution >= 4 is 21.7 Å². The average molecular weight is 303 g/mol. The molecule has 1 amide bonds. The van der Waals surface area contributed by atoms with Crippen LogP contribution in [0.25, 0.3) is 0 Å². The number of nitrogens with zero attached hydrogens (tertiary/aromatic N) is 1. The normalized spacial score (nSPS) is 12.7. The lowest BCUT2D eigenvalue weighted by Crippen LogP contribution is -2.42. The summed E-state index contributed by atoms with van der Waals surface area (Å²) in [5.74, 6) is -2.54. The number of amides is 1. The smallest absolute Gasteiger partial charge is 0.326 e. The molecule has 1 unspecified atom stereocenters. The molecule has 1 atom stereocenters. The summed E-state index contributed by atoms with van der Waals surface area (Å²) in [4.78, 5) is 39.2. The van der Waals surface area contributed by atoms with E-state index in [1.54, 1.807) is 0 Å². The molecule has 0 fully saturated rings. The number of nitrogens with one attached hydrogen (secondary N) is 2. The zero-order valence-electron chi connectivity index (χ0n) is 10.5. The summed E-state index contributed by atoms with van der Waals surface area (Å²) in [5.41, 5.74) is -0.677. The van der Waals surface area contributed by atoms with Crippen LogP contribution in [-0.4, -0.2) is 53.4 Å². The molecule has 1 aromatic rings. The van der Waals surface area contributed by atoms with Gasteiger partial charge < -0.3 is 15.4 Å². The van der Waals surface area contributed by atoms with Gasteiger partial charge in [-0.1, -0.05) is 0 Å². The van der Waals surface area contributed by atoms with Crippen LogP contribution in [-0.2, 0) is 14.6 Å². The summed E-state index contributed by atoms with van der Waals surface area (Å²) in [6, 6.07) is -1.36. The molecule has 1 rings (SSSR count). The Morgan fingerprint density at radius 1 is 1.50 bits per heavy atom. The highest BCUT2D eigenvalue weighted by Crippen LogP contribution is 1.99. The van der Waals surface area contributed by atoms with Crippen molar-refractivity contribution in [1.82, 2.24) is 15.3 Å². The number of hydrogen-bond acceptors (Lipinski definition) is 6. The zero-order chi connectivity index (χ0) is 15.3. The summed E-state index contributed by atoms with van der Waals surface area (Å²) in [6.45, 7) is 0. The number of carbonyl (C=O) groups excluding carboxylic acids is 1. The summed E-state index contributed by atoms with van der Waals surface area (Å²) in [6.07, 6.45) is 2.62. The third-order valence-corrected chi connectivity index (χ3v) is 3.26. The van der Waals surface area contributed by atoms with Gasteiger partial charge in [0.05, 0.1) is 11.9 Å².